The van der Waals surface area contributed by atoms with Gasteiger partial charge in [0, 0.05) is 16.3 Å². The first-order valence-corrected chi connectivity index (χ1v) is 8.23. The van der Waals surface area contributed by atoms with E-state index >= 15 is 0 Å². The van der Waals surface area contributed by atoms with E-state index in [1.54, 1.807) is 31.2 Å². The second kappa shape index (κ2) is 6.99. The number of carbonyl (C=O) groups is 2. The van der Waals surface area contributed by atoms with Gasteiger partial charge in [0.05, 0.1) is 11.7 Å². The quantitative estimate of drug-likeness (QED) is 0.786. The molecule has 0 spiro atoms. The summed E-state index contributed by atoms with van der Waals surface area (Å²) in [5, 5.41) is 9.03. The number of carbonyl (C=O) groups excluding carboxylic acids is 2. The van der Waals surface area contributed by atoms with Crippen molar-refractivity contribution in [2.24, 2.45) is 0 Å². The number of nitrogens with one attached hydrogen (secondary N) is 3. The van der Waals surface area contributed by atoms with Crippen LogP contribution in [0.3, 0.4) is 0 Å². The molecule has 3 amide bonds. The lowest BCUT2D eigenvalue weighted by molar-refractivity contribution is 0.0961. The van der Waals surface area contributed by atoms with Gasteiger partial charge in [-0.3, -0.25) is 4.79 Å². The molecule has 0 aliphatic carbocycles. The highest BCUT2D eigenvalue weighted by molar-refractivity contribution is 6.30. The number of halogens is 1. The third-order valence-electron chi connectivity index (χ3n) is 4.03. The molecular weight excluding hydrogens is 338 g/mol. The summed E-state index contributed by atoms with van der Waals surface area (Å²) in [6, 6.07) is 13.7. The zero-order valence-corrected chi connectivity index (χ0v) is 14.6. The minimum Gasteiger partial charge on any atom is -0.325 e. The minimum absolute atomic E-state index is 0.263. The SMILES string of the molecule is CC1=C(NC(=O)c2ccc(Cl)cc2)[C@H](c2ccc(C)cc2)NC(=O)N1. The molecular formula is C19H18ClN3O2. The number of amides is 3. The zero-order chi connectivity index (χ0) is 18.0. The Morgan fingerprint density at radius 2 is 1.68 bits per heavy atom. The number of rotatable bonds is 3. The molecule has 128 valence electrons. The van der Waals surface area contributed by atoms with Gasteiger partial charge >= 0.3 is 6.03 Å². The Morgan fingerprint density at radius 3 is 2.32 bits per heavy atom. The van der Waals surface area contributed by atoms with Crippen LogP contribution in [0, 0.1) is 6.92 Å². The fraction of sp³-hybridized carbons (Fsp3) is 0.158. The lowest BCUT2D eigenvalue weighted by atomic mass is 9.99. The molecule has 3 N–H and O–H groups in total. The van der Waals surface area contributed by atoms with Crippen molar-refractivity contribution in [2.75, 3.05) is 0 Å². The maximum absolute atomic E-state index is 12.6. The van der Waals surface area contributed by atoms with Crippen molar-refractivity contribution in [2.45, 2.75) is 19.9 Å². The van der Waals surface area contributed by atoms with Crippen molar-refractivity contribution in [1.82, 2.24) is 16.0 Å². The van der Waals surface area contributed by atoms with Crippen LogP contribution in [-0.4, -0.2) is 11.9 Å². The van der Waals surface area contributed by atoms with E-state index in [1.807, 2.05) is 31.2 Å². The minimum atomic E-state index is -0.425. The molecule has 5 nitrogen and oxygen atoms in total. The monoisotopic (exact) mass is 355 g/mol. The fourth-order valence-electron chi connectivity index (χ4n) is 2.66. The van der Waals surface area contributed by atoms with E-state index < -0.39 is 6.04 Å². The summed E-state index contributed by atoms with van der Waals surface area (Å²) in [7, 11) is 0. The van der Waals surface area contributed by atoms with Crippen molar-refractivity contribution in [1.29, 1.82) is 0 Å². The summed E-state index contributed by atoms with van der Waals surface area (Å²) in [4.78, 5) is 24.4. The number of urea groups is 1. The summed E-state index contributed by atoms with van der Waals surface area (Å²) < 4.78 is 0. The first-order chi connectivity index (χ1) is 11.9. The van der Waals surface area contributed by atoms with E-state index in [9.17, 15) is 9.59 Å². The normalized spacial score (nSPS) is 16.9. The molecule has 2 aromatic rings. The van der Waals surface area contributed by atoms with E-state index in [4.69, 9.17) is 11.6 Å². The van der Waals surface area contributed by atoms with Gasteiger partial charge in [0.15, 0.2) is 0 Å². The van der Waals surface area contributed by atoms with Crippen LogP contribution >= 0.6 is 11.6 Å². The van der Waals surface area contributed by atoms with Gasteiger partial charge in [-0.1, -0.05) is 41.4 Å². The largest absolute Gasteiger partial charge is 0.325 e. The lowest BCUT2D eigenvalue weighted by Gasteiger charge is -2.29. The molecule has 0 unspecified atom stereocenters. The Labute approximate surface area is 151 Å². The summed E-state index contributed by atoms with van der Waals surface area (Å²) in [6.45, 7) is 3.76. The first-order valence-electron chi connectivity index (χ1n) is 7.86. The average molecular weight is 356 g/mol. The van der Waals surface area contributed by atoms with Crippen LogP contribution in [-0.2, 0) is 0 Å². The predicted molar refractivity (Wildman–Crippen MR) is 97.2 cm³/mol. The Balaban J connectivity index is 1.91. The van der Waals surface area contributed by atoms with Gasteiger partial charge in [0.25, 0.3) is 5.91 Å². The van der Waals surface area contributed by atoms with Crippen LogP contribution < -0.4 is 16.0 Å². The molecule has 6 heteroatoms. The summed E-state index contributed by atoms with van der Waals surface area (Å²) >= 11 is 5.86. The standard InChI is InChI=1S/C19H18ClN3O2/c1-11-3-5-13(6-4-11)17-16(12(2)21-19(25)23-17)22-18(24)14-7-9-15(20)10-8-14/h3-10,17H,1-2H3,(H,22,24)(H2,21,23,25)/t17-/m0/s1. The Bertz CT molecular complexity index is 842. The molecule has 1 aliphatic heterocycles. The second-order valence-corrected chi connectivity index (χ2v) is 6.38. The van der Waals surface area contributed by atoms with Gasteiger partial charge in [-0.05, 0) is 43.7 Å². The highest BCUT2D eigenvalue weighted by atomic mass is 35.5. The molecule has 0 radical (unpaired) electrons. The molecule has 0 bridgehead atoms. The summed E-state index contributed by atoms with van der Waals surface area (Å²) in [5.41, 5.74) is 3.73. The highest BCUT2D eigenvalue weighted by Gasteiger charge is 2.28. The Hall–Kier alpha value is -2.79. The van der Waals surface area contributed by atoms with Crippen LogP contribution in [0.25, 0.3) is 0 Å². The number of aryl methyl sites for hydroxylation is 1. The number of hydrogen-bond donors (Lipinski definition) is 3. The van der Waals surface area contributed by atoms with Crippen LogP contribution in [0.15, 0.2) is 59.9 Å². The van der Waals surface area contributed by atoms with Gasteiger partial charge in [-0.25, -0.2) is 4.79 Å². The highest BCUT2D eigenvalue weighted by Crippen LogP contribution is 2.25. The molecule has 0 saturated heterocycles. The molecule has 25 heavy (non-hydrogen) atoms. The van der Waals surface area contributed by atoms with Gasteiger partial charge in [-0.2, -0.15) is 0 Å². The van der Waals surface area contributed by atoms with Crippen LogP contribution in [0.2, 0.25) is 5.02 Å². The van der Waals surface area contributed by atoms with Gasteiger partial charge in [0.1, 0.15) is 0 Å². The summed E-state index contributed by atoms with van der Waals surface area (Å²) in [5.74, 6) is -0.263. The smallest absolute Gasteiger partial charge is 0.319 e. The maximum Gasteiger partial charge on any atom is 0.319 e. The van der Waals surface area contributed by atoms with Crippen LogP contribution in [0.4, 0.5) is 4.79 Å². The average Bonchev–Trinajstić information content (AvgIpc) is 2.58. The molecule has 1 atom stereocenters. The van der Waals surface area contributed by atoms with Crippen molar-refractivity contribution in [3.63, 3.8) is 0 Å². The molecule has 0 saturated carbocycles. The molecule has 2 aromatic carbocycles. The van der Waals surface area contributed by atoms with Gasteiger partial charge in [0.2, 0.25) is 0 Å². The van der Waals surface area contributed by atoms with Crippen LogP contribution in [0.1, 0.15) is 34.5 Å². The van der Waals surface area contributed by atoms with E-state index in [-0.39, 0.29) is 11.9 Å². The van der Waals surface area contributed by atoms with Gasteiger partial charge < -0.3 is 16.0 Å². The molecule has 1 heterocycles. The lowest BCUT2D eigenvalue weighted by Crippen LogP contribution is -2.47. The number of benzene rings is 2. The second-order valence-electron chi connectivity index (χ2n) is 5.94. The van der Waals surface area contributed by atoms with E-state index in [1.165, 1.54) is 0 Å². The fourth-order valence-corrected chi connectivity index (χ4v) is 2.79. The number of hydrogen-bond acceptors (Lipinski definition) is 2. The maximum atomic E-state index is 12.6. The zero-order valence-electron chi connectivity index (χ0n) is 13.9. The Kier molecular flexibility index (Phi) is 4.76. The summed E-state index contributed by atoms with van der Waals surface area (Å²) in [6.07, 6.45) is 0. The van der Waals surface area contributed by atoms with E-state index in [0.29, 0.717) is 22.0 Å². The van der Waals surface area contributed by atoms with Crippen molar-refractivity contribution < 1.29 is 9.59 Å². The third-order valence-corrected chi connectivity index (χ3v) is 4.29. The third kappa shape index (κ3) is 3.83. The number of allylic oxidation sites excluding steroid dienone is 1. The van der Waals surface area contributed by atoms with Crippen molar-refractivity contribution in [3.8, 4) is 0 Å². The van der Waals surface area contributed by atoms with Crippen molar-refractivity contribution in [3.05, 3.63) is 81.6 Å². The van der Waals surface area contributed by atoms with Gasteiger partial charge in [-0.15, -0.1) is 0 Å². The Morgan fingerprint density at radius 1 is 1.04 bits per heavy atom. The van der Waals surface area contributed by atoms with E-state index in [0.717, 1.165) is 11.1 Å². The van der Waals surface area contributed by atoms with E-state index in [2.05, 4.69) is 16.0 Å². The molecule has 1 aliphatic rings. The first kappa shape index (κ1) is 17.0. The predicted octanol–water partition coefficient (Wildman–Crippen LogP) is 3.66. The molecule has 0 aromatic heterocycles. The van der Waals surface area contributed by atoms with Crippen molar-refractivity contribution >= 4 is 23.5 Å². The topological polar surface area (TPSA) is 70.2 Å². The molecule has 0 fully saturated rings. The molecule has 3 rings (SSSR count). The van der Waals surface area contributed by atoms with Crippen LogP contribution in [0.5, 0.6) is 0 Å².